The number of likely N-dealkylation sites (tertiary alicyclic amines) is 1. The molecule has 1 saturated heterocycles. The van der Waals surface area contributed by atoms with Crippen molar-refractivity contribution >= 4 is 5.91 Å². The number of aromatic hydroxyl groups is 1. The van der Waals surface area contributed by atoms with Crippen LogP contribution in [0.4, 0.5) is 4.39 Å². The Bertz CT molecular complexity index is 513. The predicted molar refractivity (Wildman–Crippen MR) is 74.1 cm³/mol. The number of phenols is 1. The fourth-order valence-electron chi connectivity index (χ4n) is 3.67. The van der Waals surface area contributed by atoms with E-state index < -0.39 is 5.82 Å². The highest BCUT2D eigenvalue weighted by Crippen LogP contribution is 2.46. The molecule has 0 atom stereocenters. The second-order valence-electron chi connectivity index (χ2n) is 6.16. The first kappa shape index (κ1) is 13.4. The van der Waals surface area contributed by atoms with Gasteiger partial charge in [0, 0.05) is 19.2 Å². The summed E-state index contributed by atoms with van der Waals surface area (Å²) in [7, 11) is 0. The van der Waals surface area contributed by atoms with Gasteiger partial charge in [-0.05, 0) is 43.2 Å². The molecule has 2 fully saturated rings. The smallest absolute Gasteiger partial charge is 0.257 e. The molecule has 3 nitrogen and oxygen atoms in total. The summed E-state index contributed by atoms with van der Waals surface area (Å²) < 4.78 is 13.0. The van der Waals surface area contributed by atoms with Gasteiger partial charge in [-0.3, -0.25) is 4.79 Å². The lowest BCUT2D eigenvalue weighted by Gasteiger charge is -2.39. The highest BCUT2D eigenvalue weighted by atomic mass is 19.1. The Kier molecular flexibility index (Phi) is 3.40. The number of piperidine rings is 1. The Hall–Kier alpha value is -1.58. The molecule has 0 aromatic heterocycles. The van der Waals surface area contributed by atoms with Gasteiger partial charge < -0.3 is 10.0 Å². The van der Waals surface area contributed by atoms with Crippen molar-refractivity contribution in [3.05, 3.63) is 29.6 Å². The maximum Gasteiger partial charge on any atom is 0.257 e. The third-order valence-electron chi connectivity index (χ3n) is 4.97. The standard InChI is InChI=1S/C16H20FNO2/c17-12-3-4-13(14(19)11-12)15(20)18-9-7-16(8-10-18)5-1-2-6-16/h3-4,11,19H,1-2,5-10H2. The SMILES string of the molecule is O=C(c1ccc(F)cc1O)N1CCC2(CCCC2)CC1. The Labute approximate surface area is 118 Å². The van der Waals surface area contributed by atoms with Crippen LogP contribution in [0, 0.1) is 11.2 Å². The van der Waals surface area contributed by atoms with E-state index in [0.717, 1.165) is 32.0 Å². The average molecular weight is 277 g/mol. The highest BCUT2D eigenvalue weighted by molar-refractivity contribution is 5.96. The van der Waals surface area contributed by atoms with E-state index in [1.807, 2.05) is 0 Å². The summed E-state index contributed by atoms with van der Waals surface area (Å²) in [6.45, 7) is 1.49. The number of nitrogens with zero attached hydrogens (tertiary/aromatic N) is 1. The second-order valence-corrected chi connectivity index (χ2v) is 6.16. The molecular weight excluding hydrogens is 257 g/mol. The van der Waals surface area contributed by atoms with Crippen LogP contribution in [-0.4, -0.2) is 29.0 Å². The normalized spacial score (nSPS) is 21.4. The first-order chi connectivity index (χ1) is 9.60. The lowest BCUT2D eigenvalue weighted by Crippen LogP contribution is -2.42. The van der Waals surface area contributed by atoms with Gasteiger partial charge in [-0.2, -0.15) is 0 Å². The fourth-order valence-corrected chi connectivity index (χ4v) is 3.67. The van der Waals surface area contributed by atoms with Gasteiger partial charge in [0.15, 0.2) is 0 Å². The molecule has 0 bridgehead atoms. The van der Waals surface area contributed by atoms with Gasteiger partial charge in [-0.15, -0.1) is 0 Å². The van der Waals surface area contributed by atoms with Crippen LogP contribution in [0.25, 0.3) is 0 Å². The van der Waals surface area contributed by atoms with Crippen LogP contribution in [0.5, 0.6) is 5.75 Å². The zero-order valence-corrected chi connectivity index (χ0v) is 11.6. The highest BCUT2D eigenvalue weighted by Gasteiger charge is 2.38. The average Bonchev–Trinajstić information content (AvgIpc) is 2.87. The number of benzene rings is 1. The molecule has 20 heavy (non-hydrogen) atoms. The van der Waals surface area contributed by atoms with Crippen molar-refractivity contribution in [3.63, 3.8) is 0 Å². The number of hydrogen-bond donors (Lipinski definition) is 1. The van der Waals surface area contributed by atoms with Gasteiger partial charge >= 0.3 is 0 Å². The zero-order chi connectivity index (χ0) is 14.2. The van der Waals surface area contributed by atoms with Gasteiger partial charge in [0.2, 0.25) is 0 Å². The quantitative estimate of drug-likeness (QED) is 0.855. The molecule has 2 aliphatic rings. The second kappa shape index (κ2) is 5.08. The van der Waals surface area contributed by atoms with Crippen LogP contribution in [0.1, 0.15) is 48.9 Å². The van der Waals surface area contributed by atoms with Gasteiger partial charge in [0.25, 0.3) is 5.91 Å². The molecule has 108 valence electrons. The van der Waals surface area contributed by atoms with E-state index in [1.165, 1.54) is 37.8 Å². The topological polar surface area (TPSA) is 40.5 Å². The minimum atomic E-state index is -0.525. The van der Waals surface area contributed by atoms with Crippen molar-refractivity contribution in [2.45, 2.75) is 38.5 Å². The van der Waals surface area contributed by atoms with E-state index in [1.54, 1.807) is 4.90 Å². The molecule has 1 N–H and O–H groups in total. The predicted octanol–water partition coefficient (Wildman–Crippen LogP) is 3.33. The number of rotatable bonds is 1. The Morgan fingerprint density at radius 3 is 2.40 bits per heavy atom. The van der Waals surface area contributed by atoms with Crippen molar-refractivity contribution in [2.24, 2.45) is 5.41 Å². The Balaban J connectivity index is 1.69. The van der Waals surface area contributed by atoms with Crippen LogP contribution >= 0.6 is 0 Å². The lowest BCUT2D eigenvalue weighted by molar-refractivity contribution is 0.0584. The lowest BCUT2D eigenvalue weighted by atomic mass is 9.77. The van der Waals surface area contributed by atoms with E-state index in [4.69, 9.17) is 0 Å². The van der Waals surface area contributed by atoms with Gasteiger partial charge in [0.05, 0.1) is 5.56 Å². The van der Waals surface area contributed by atoms with E-state index in [0.29, 0.717) is 5.41 Å². The molecule has 4 heteroatoms. The van der Waals surface area contributed by atoms with Gasteiger partial charge in [-0.1, -0.05) is 12.8 Å². The Morgan fingerprint density at radius 2 is 1.80 bits per heavy atom. The summed E-state index contributed by atoms with van der Waals surface area (Å²) in [6.07, 6.45) is 7.31. The largest absolute Gasteiger partial charge is 0.507 e. The number of amides is 1. The summed E-state index contributed by atoms with van der Waals surface area (Å²) in [6, 6.07) is 3.58. The van der Waals surface area contributed by atoms with Crippen molar-refractivity contribution in [2.75, 3.05) is 13.1 Å². The van der Waals surface area contributed by atoms with Crippen LogP contribution in [0.3, 0.4) is 0 Å². The number of carbonyl (C=O) groups is 1. The van der Waals surface area contributed by atoms with Crippen molar-refractivity contribution in [1.29, 1.82) is 0 Å². The van der Waals surface area contributed by atoms with Crippen LogP contribution in [-0.2, 0) is 0 Å². The van der Waals surface area contributed by atoms with E-state index in [-0.39, 0.29) is 17.2 Å². The third-order valence-corrected chi connectivity index (χ3v) is 4.97. The number of hydrogen-bond acceptors (Lipinski definition) is 2. The van der Waals surface area contributed by atoms with Crippen molar-refractivity contribution in [3.8, 4) is 5.75 Å². The first-order valence-electron chi connectivity index (χ1n) is 7.38. The first-order valence-corrected chi connectivity index (χ1v) is 7.38. The summed E-state index contributed by atoms with van der Waals surface area (Å²) in [5.74, 6) is -0.978. The number of carbonyl (C=O) groups excluding carboxylic acids is 1. The molecule has 0 unspecified atom stereocenters. The van der Waals surface area contributed by atoms with Crippen LogP contribution in [0.2, 0.25) is 0 Å². The van der Waals surface area contributed by atoms with Crippen LogP contribution < -0.4 is 0 Å². The molecule has 1 saturated carbocycles. The monoisotopic (exact) mass is 277 g/mol. The van der Waals surface area contributed by atoms with Crippen molar-refractivity contribution < 1.29 is 14.3 Å². The number of halogens is 1. The molecule has 1 aliphatic carbocycles. The Morgan fingerprint density at radius 1 is 1.15 bits per heavy atom. The molecular formula is C16H20FNO2. The van der Waals surface area contributed by atoms with Crippen molar-refractivity contribution in [1.82, 2.24) is 4.90 Å². The summed E-state index contributed by atoms with van der Waals surface area (Å²) in [5.41, 5.74) is 0.663. The third kappa shape index (κ3) is 2.39. The summed E-state index contributed by atoms with van der Waals surface area (Å²) in [4.78, 5) is 14.2. The maximum absolute atomic E-state index is 13.0. The molecule has 1 amide bonds. The van der Waals surface area contributed by atoms with E-state index in [2.05, 4.69) is 0 Å². The van der Waals surface area contributed by atoms with Crippen LogP contribution in [0.15, 0.2) is 18.2 Å². The molecule has 1 aromatic carbocycles. The molecule has 1 spiro atoms. The zero-order valence-electron chi connectivity index (χ0n) is 11.6. The summed E-state index contributed by atoms with van der Waals surface area (Å²) in [5, 5.41) is 9.71. The minimum absolute atomic E-state index is 0.185. The van der Waals surface area contributed by atoms with E-state index >= 15 is 0 Å². The number of phenolic OH excluding ortho intramolecular Hbond substituents is 1. The maximum atomic E-state index is 13.0. The molecule has 0 radical (unpaired) electrons. The minimum Gasteiger partial charge on any atom is -0.507 e. The van der Waals surface area contributed by atoms with E-state index in [9.17, 15) is 14.3 Å². The molecule has 1 aliphatic heterocycles. The molecule has 3 rings (SSSR count). The molecule has 1 heterocycles. The van der Waals surface area contributed by atoms with Gasteiger partial charge in [0.1, 0.15) is 11.6 Å². The summed E-state index contributed by atoms with van der Waals surface area (Å²) >= 11 is 0. The molecule has 1 aromatic rings. The van der Waals surface area contributed by atoms with Gasteiger partial charge in [-0.25, -0.2) is 4.39 Å². The fraction of sp³-hybridized carbons (Fsp3) is 0.562.